The smallest absolute Gasteiger partial charge is 0.363 e. The predicted molar refractivity (Wildman–Crippen MR) is 116 cm³/mol. The first-order valence-corrected chi connectivity index (χ1v) is 11.1. The van der Waals surface area contributed by atoms with Gasteiger partial charge in [-0.25, -0.2) is 4.39 Å². The summed E-state index contributed by atoms with van der Waals surface area (Å²) in [4.78, 5) is 26.6. The average molecular weight is 481 g/mol. The Labute approximate surface area is 194 Å². The molecule has 5 nitrogen and oxygen atoms in total. The summed E-state index contributed by atoms with van der Waals surface area (Å²) >= 11 is 5.25. The summed E-state index contributed by atoms with van der Waals surface area (Å²) < 4.78 is 42.2. The lowest BCUT2D eigenvalue weighted by atomic mass is 9.62. The second-order valence-electron chi connectivity index (χ2n) is 8.81. The first-order valence-electron chi connectivity index (χ1n) is 10.7. The van der Waals surface area contributed by atoms with Gasteiger partial charge >= 0.3 is 5.38 Å². The molecule has 9 heteroatoms. The third-order valence-corrected chi connectivity index (χ3v) is 7.26. The Balaban J connectivity index is 1.59. The molecule has 2 aliphatic heterocycles. The fraction of sp³-hybridized carbons (Fsp3) is 0.417. The van der Waals surface area contributed by atoms with Crippen LogP contribution >= 0.6 is 11.6 Å². The highest BCUT2D eigenvalue weighted by molar-refractivity contribution is 6.24. The predicted octanol–water partition coefficient (Wildman–Crippen LogP) is 3.76. The van der Waals surface area contributed by atoms with Crippen LogP contribution in [0.1, 0.15) is 36.3 Å². The molecule has 2 atom stereocenters. The van der Waals surface area contributed by atoms with Gasteiger partial charge in [-0.15, -0.1) is 0 Å². The molecule has 2 aromatic carbocycles. The molecule has 0 aliphatic carbocycles. The van der Waals surface area contributed by atoms with Crippen molar-refractivity contribution in [1.29, 1.82) is 0 Å². The molecular weight excluding hydrogens is 457 g/mol. The number of carbonyl (C=O) groups is 2. The zero-order valence-electron chi connectivity index (χ0n) is 17.7. The second kappa shape index (κ2) is 8.65. The van der Waals surface area contributed by atoms with Gasteiger partial charge in [0.1, 0.15) is 5.82 Å². The number of aliphatic hydroxyl groups is 1. The minimum absolute atomic E-state index is 0.0753. The Morgan fingerprint density at radius 3 is 2.27 bits per heavy atom. The van der Waals surface area contributed by atoms with Crippen molar-refractivity contribution in [2.75, 3.05) is 19.6 Å². The number of hydrogen-bond donors (Lipinski definition) is 2. The second-order valence-corrected chi connectivity index (χ2v) is 9.29. The number of hydrogen-bond acceptors (Lipinski definition) is 3. The van der Waals surface area contributed by atoms with E-state index in [1.807, 2.05) is 0 Å². The normalized spacial score (nSPS) is 22.5. The highest BCUT2D eigenvalue weighted by Gasteiger charge is 2.60. The Bertz CT molecular complexity index is 1020. The van der Waals surface area contributed by atoms with Gasteiger partial charge < -0.3 is 15.3 Å². The molecule has 0 unspecified atom stereocenters. The molecule has 2 N–H and O–H groups in total. The van der Waals surface area contributed by atoms with E-state index in [0.717, 1.165) is 5.56 Å². The molecule has 0 aromatic heterocycles. The van der Waals surface area contributed by atoms with Gasteiger partial charge in [0.15, 0.2) is 0 Å². The summed E-state index contributed by atoms with van der Waals surface area (Å²) in [6.45, 7) is 0.518. The van der Waals surface area contributed by atoms with Crippen molar-refractivity contribution >= 4 is 23.4 Å². The molecule has 0 radical (unpaired) electrons. The van der Waals surface area contributed by atoms with Crippen LogP contribution < -0.4 is 5.32 Å². The van der Waals surface area contributed by atoms with Gasteiger partial charge in [0.05, 0.1) is 0 Å². The topological polar surface area (TPSA) is 69.6 Å². The molecule has 33 heavy (non-hydrogen) atoms. The third kappa shape index (κ3) is 4.22. The molecule has 0 saturated carbocycles. The molecule has 1 spiro atoms. The molecule has 2 saturated heterocycles. The van der Waals surface area contributed by atoms with Crippen molar-refractivity contribution < 1.29 is 27.9 Å². The summed E-state index contributed by atoms with van der Waals surface area (Å²) in [6, 6.07) is 13.0. The number of halogens is 4. The molecule has 4 rings (SSSR count). The van der Waals surface area contributed by atoms with Crippen LogP contribution in [0.5, 0.6) is 0 Å². The molecule has 2 aliphatic rings. The minimum atomic E-state index is -4.23. The molecule has 2 aromatic rings. The van der Waals surface area contributed by atoms with Crippen LogP contribution in [-0.2, 0) is 15.2 Å². The van der Waals surface area contributed by atoms with Crippen LogP contribution in [0.3, 0.4) is 0 Å². The number of amides is 2. The standard InChI is InChI=1S/C24H24ClF3N2O3/c25-24(27,28)23(33,17-4-2-1-3-5-17)21(32)30-12-10-22(11-13-30)14-20(31)29-15-19(22)16-6-8-18(26)9-7-16/h1-9,19,33H,10-15H2,(H,29,31)/t19-,23+/m0/s1. The van der Waals surface area contributed by atoms with Gasteiger partial charge in [-0.05, 0) is 47.6 Å². The first kappa shape index (κ1) is 23.6. The summed E-state index contributed by atoms with van der Waals surface area (Å²) in [5.74, 6) is -1.78. The number of nitrogens with zero attached hydrogens (tertiary/aromatic N) is 1. The van der Waals surface area contributed by atoms with Crippen LogP contribution in [0.4, 0.5) is 13.2 Å². The van der Waals surface area contributed by atoms with E-state index >= 15 is 0 Å². The maximum absolute atomic E-state index is 14.4. The molecule has 2 fully saturated rings. The van der Waals surface area contributed by atoms with Crippen LogP contribution in [0.2, 0.25) is 0 Å². The van der Waals surface area contributed by atoms with Crippen LogP contribution in [-0.4, -0.2) is 46.8 Å². The number of carbonyl (C=O) groups excluding carboxylic acids is 2. The van der Waals surface area contributed by atoms with Crippen molar-refractivity contribution in [3.8, 4) is 0 Å². The highest BCUT2D eigenvalue weighted by Crippen LogP contribution is 2.50. The zero-order chi connectivity index (χ0) is 23.9. The van der Waals surface area contributed by atoms with Crippen LogP contribution in [0, 0.1) is 11.2 Å². The lowest BCUT2D eigenvalue weighted by molar-refractivity contribution is -0.183. The first-order chi connectivity index (χ1) is 15.6. The zero-order valence-corrected chi connectivity index (χ0v) is 18.5. The van der Waals surface area contributed by atoms with Gasteiger partial charge in [0.2, 0.25) is 11.5 Å². The van der Waals surface area contributed by atoms with Crippen molar-refractivity contribution in [2.24, 2.45) is 5.41 Å². The van der Waals surface area contributed by atoms with E-state index in [1.165, 1.54) is 41.3 Å². The number of alkyl halides is 3. The maximum Gasteiger partial charge on any atom is 0.363 e. The van der Waals surface area contributed by atoms with E-state index in [4.69, 9.17) is 11.6 Å². The summed E-state index contributed by atoms with van der Waals surface area (Å²) in [5, 5.41) is 9.48. The van der Waals surface area contributed by atoms with Gasteiger partial charge in [0.25, 0.3) is 5.91 Å². The largest absolute Gasteiger partial charge is 0.370 e. The molecule has 2 heterocycles. The minimum Gasteiger partial charge on any atom is -0.370 e. The number of piperidine rings is 2. The number of benzene rings is 2. The van der Waals surface area contributed by atoms with Gasteiger partial charge in [-0.1, -0.05) is 42.5 Å². The lowest BCUT2D eigenvalue weighted by Crippen LogP contribution is -2.59. The van der Waals surface area contributed by atoms with Crippen molar-refractivity contribution in [2.45, 2.75) is 36.2 Å². The summed E-state index contributed by atoms with van der Waals surface area (Å²) in [6.07, 6.45) is 0.950. The van der Waals surface area contributed by atoms with E-state index in [2.05, 4.69) is 5.32 Å². The molecule has 0 bridgehead atoms. The number of rotatable bonds is 4. The van der Waals surface area contributed by atoms with E-state index in [1.54, 1.807) is 18.2 Å². The van der Waals surface area contributed by atoms with E-state index < -0.39 is 22.3 Å². The third-order valence-electron chi connectivity index (χ3n) is 6.99. The van der Waals surface area contributed by atoms with Gasteiger partial charge in [-0.2, -0.15) is 8.78 Å². The molecular formula is C24H24ClF3N2O3. The van der Waals surface area contributed by atoms with E-state index in [9.17, 15) is 27.9 Å². The Morgan fingerprint density at radius 1 is 1.09 bits per heavy atom. The van der Waals surface area contributed by atoms with Gasteiger partial charge in [-0.3, -0.25) is 9.59 Å². The molecule has 176 valence electrons. The summed E-state index contributed by atoms with van der Waals surface area (Å²) in [7, 11) is 0. The van der Waals surface area contributed by atoms with Crippen molar-refractivity contribution in [1.82, 2.24) is 10.2 Å². The highest BCUT2D eigenvalue weighted by atomic mass is 35.5. The monoisotopic (exact) mass is 480 g/mol. The molecule has 2 amide bonds. The Hall–Kier alpha value is -2.58. The number of likely N-dealkylation sites (tertiary alicyclic amines) is 1. The van der Waals surface area contributed by atoms with Crippen molar-refractivity contribution in [3.63, 3.8) is 0 Å². The lowest BCUT2D eigenvalue weighted by Gasteiger charge is -2.50. The number of nitrogens with one attached hydrogen (secondary N) is 1. The average Bonchev–Trinajstić information content (AvgIpc) is 2.79. The van der Waals surface area contributed by atoms with Crippen LogP contribution in [0.15, 0.2) is 54.6 Å². The fourth-order valence-electron chi connectivity index (χ4n) is 5.10. The Kier molecular flexibility index (Phi) is 6.18. The fourth-order valence-corrected chi connectivity index (χ4v) is 5.29. The SMILES string of the molecule is O=C1CC2(CCN(C(=O)[C@](O)(c3ccccc3)C(F)(F)Cl)CC2)[C@H](c2ccc(F)cc2)CN1. The maximum atomic E-state index is 14.4. The summed E-state index contributed by atoms with van der Waals surface area (Å²) in [5.41, 5.74) is -3.16. The quantitative estimate of drug-likeness (QED) is 0.655. The van der Waals surface area contributed by atoms with E-state index in [-0.39, 0.29) is 42.7 Å². The Morgan fingerprint density at radius 2 is 1.70 bits per heavy atom. The van der Waals surface area contributed by atoms with E-state index in [0.29, 0.717) is 19.4 Å². The van der Waals surface area contributed by atoms with Gasteiger partial charge in [0, 0.05) is 37.5 Å². The van der Waals surface area contributed by atoms with Crippen molar-refractivity contribution in [3.05, 3.63) is 71.5 Å². The van der Waals surface area contributed by atoms with Crippen LogP contribution in [0.25, 0.3) is 0 Å².